The third-order valence-electron chi connectivity index (χ3n) is 2.91. The van der Waals surface area contributed by atoms with Crippen LogP contribution in [0.15, 0.2) is 29.3 Å². The summed E-state index contributed by atoms with van der Waals surface area (Å²) in [5, 5.41) is 0. The smallest absolute Gasteiger partial charge is 0.417 e. The Morgan fingerprint density at radius 2 is 1.94 bits per heavy atom. The van der Waals surface area contributed by atoms with Crippen molar-refractivity contribution in [2.24, 2.45) is 10.9 Å². The van der Waals surface area contributed by atoms with Crippen LogP contribution < -0.4 is 0 Å². The standard InChI is InChI=1S/C13H14F3NO/c1-8(2)11-7-18-12(17-11)9-5-3-4-6-10(9)13(14,15)16/h3-6,8,11H,7H2,1-2H3/t11-/m1/s1. The molecule has 0 bridgehead atoms. The zero-order valence-corrected chi connectivity index (χ0v) is 10.2. The van der Waals surface area contributed by atoms with Gasteiger partial charge in [0.2, 0.25) is 5.90 Å². The Kier molecular flexibility index (Phi) is 3.32. The number of rotatable bonds is 2. The summed E-state index contributed by atoms with van der Waals surface area (Å²) in [6.45, 7) is 4.28. The normalized spacial score (nSPS) is 19.9. The van der Waals surface area contributed by atoms with E-state index in [4.69, 9.17) is 4.74 Å². The zero-order valence-electron chi connectivity index (χ0n) is 10.2. The molecular formula is C13H14F3NO. The van der Waals surface area contributed by atoms with Crippen molar-refractivity contribution in [1.82, 2.24) is 0 Å². The average Bonchev–Trinajstić information content (AvgIpc) is 2.77. The molecule has 0 aliphatic carbocycles. The Bertz CT molecular complexity index is 466. The van der Waals surface area contributed by atoms with Gasteiger partial charge in [-0.05, 0) is 18.1 Å². The molecule has 0 radical (unpaired) electrons. The molecule has 1 aromatic carbocycles. The van der Waals surface area contributed by atoms with Crippen LogP contribution in [0.4, 0.5) is 13.2 Å². The second-order valence-corrected chi connectivity index (χ2v) is 4.60. The van der Waals surface area contributed by atoms with E-state index in [2.05, 4.69) is 4.99 Å². The minimum Gasteiger partial charge on any atom is -0.475 e. The predicted molar refractivity (Wildman–Crippen MR) is 62.6 cm³/mol. The fraction of sp³-hybridized carbons (Fsp3) is 0.462. The van der Waals surface area contributed by atoms with Crippen LogP contribution in [0.3, 0.4) is 0 Å². The highest BCUT2D eigenvalue weighted by molar-refractivity contribution is 5.96. The Hall–Kier alpha value is -1.52. The monoisotopic (exact) mass is 257 g/mol. The first kappa shape index (κ1) is 12.9. The van der Waals surface area contributed by atoms with Gasteiger partial charge in [0.15, 0.2) is 0 Å². The van der Waals surface area contributed by atoms with E-state index in [1.807, 2.05) is 13.8 Å². The molecule has 1 aliphatic heterocycles. The van der Waals surface area contributed by atoms with Gasteiger partial charge < -0.3 is 4.74 Å². The van der Waals surface area contributed by atoms with Gasteiger partial charge in [0.1, 0.15) is 6.61 Å². The van der Waals surface area contributed by atoms with E-state index in [0.717, 1.165) is 6.07 Å². The van der Waals surface area contributed by atoms with Crippen LogP contribution in [0, 0.1) is 5.92 Å². The topological polar surface area (TPSA) is 21.6 Å². The highest BCUT2D eigenvalue weighted by Gasteiger charge is 2.36. The van der Waals surface area contributed by atoms with E-state index in [1.54, 1.807) is 6.07 Å². The highest BCUT2D eigenvalue weighted by Crippen LogP contribution is 2.33. The number of ether oxygens (including phenoxy) is 1. The molecule has 0 fully saturated rings. The lowest BCUT2D eigenvalue weighted by atomic mass is 10.1. The quantitative estimate of drug-likeness (QED) is 0.794. The van der Waals surface area contributed by atoms with Crippen LogP contribution in [-0.2, 0) is 10.9 Å². The first-order valence-corrected chi connectivity index (χ1v) is 5.77. The third kappa shape index (κ3) is 2.49. The first-order chi connectivity index (χ1) is 8.39. The molecule has 0 saturated carbocycles. The summed E-state index contributed by atoms with van der Waals surface area (Å²) in [6, 6.07) is 5.29. The predicted octanol–water partition coefficient (Wildman–Crippen LogP) is 3.51. The van der Waals surface area contributed by atoms with Crippen LogP contribution in [0.1, 0.15) is 25.0 Å². The molecule has 5 heteroatoms. The maximum atomic E-state index is 12.8. The van der Waals surface area contributed by atoms with E-state index in [-0.39, 0.29) is 23.4 Å². The summed E-state index contributed by atoms with van der Waals surface area (Å²) < 4.78 is 43.8. The molecule has 1 aromatic rings. The molecule has 1 aliphatic rings. The summed E-state index contributed by atoms with van der Waals surface area (Å²) in [7, 11) is 0. The first-order valence-electron chi connectivity index (χ1n) is 5.77. The lowest BCUT2D eigenvalue weighted by Gasteiger charge is -2.11. The van der Waals surface area contributed by atoms with Crippen LogP contribution >= 0.6 is 0 Å². The molecule has 2 nitrogen and oxygen atoms in total. The van der Waals surface area contributed by atoms with Gasteiger partial charge in [0.05, 0.1) is 11.6 Å². The van der Waals surface area contributed by atoms with Gasteiger partial charge in [-0.25, -0.2) is 4.99 Å². The number of hydrogen-bond donors (Lipinski definition) is 0. The second-order valence-electron chi connectivity index (χ2n) is 4.60. The van der Waals surface area contributed by atoms with Crippen molar-refractivity contribution in [3.63, 3.8) is 0 Å². The highest BCUT2D eigenvalue weighted by atomic mass is 19.4. The maximum absolute atomic E-state index is 12.8. The summed E-state index contributed by atoms with van der Waals surface area (Å²) in [6.07, 6.45) is -4.39. The van der Waals surface area contributed by atoms with Gasteiger partial charge in [-0.15, -0.1) is 0 Å². The van der Waals surface area contributed by atoms with Gasteiger partial charge in [0.25, 0.3) is 0 Å². The molecule has 0 spiro atoms. The van der Waals surface area contributed by atoms with Gasteiger partial charge in [-0.2, -0.15) is 13.2 Å². The Morgan fingerprint density at radius 3 is 2.50 bits per heavy atom. The Balaban J connectivity index is 2.38. The molecule has 0 unspecified atom stereocenters. The van der Waals surface area contributed by atoms with E-state index >= 15 is 0 Å². The molecule has 0 N–H and O–H groups in total. The Labute approximate surface area is 103 Å². The Morgan fingerprint density at radius 1 is 1.28 bits per heavy atom. The lowest BCUT2D eigenvalue weighted by Crippen LogP contribution is -2.14. The lowest BCUT2D eigenvalue weighted by molar-refractivity contribution is -0.137. The number of nitrogens with zero attached hydrogens (tertiary/aromatic N) is 1. The molecule has 2 rings (SSSR count). The zero-order chi connectivity index (χ0) is 13.3. The van der Waals surface area contributed by atoms with Crippen LogP contribution in [0.5, 0.6) is 0 Å². The van der Waals surface area contributed by atoms with E-state index in [0.29, 0.717) is 6.61 Å². The SMILES string of the molecule is CC(C)[C@H]1COC(c2ccccc2C(F)(F)F)=N1. The summed E-state index contributed by atoms with van der Waals surface area (Å²) in [5.41, 5.74) is -0.679. The van der Waals surface area contributed by atoms with E-state index < -0.39 is 11.7 Å². The average molecular weight is 257 g/mol. The number of halogens is 3. The van der Waals surface area contributed by atoms with Crippen molar-refractivity contribution in [1.29, 1.82) is 0 Å². The molecule has 1 atom stereocenters. The van der Waals surface area contributed by atoms with Crippen molar-refractivity contribution < 1.29 is 17.9 Å². The third-order valence-corrected chi connectivity index (χ3v) is 2.91. The van der Waals surface area contributed by atoms with E-state index in [1.165, 1.54) is 12.1 Å². The molecule has 18 heavy (non-hydrogen) atoms. The number of hydrogen-bond acceptors (Lipinski definition) is 2. The molecular weight excluding hydrogens is 243 g/mol. The van der Waals surface area contributed by atoms with Crippen LogP contribution in [-0.4, -0.2) is 18.5 Å². The van der Waals surface area contributed by atoms with Gasteiger partial charge in [-0.1, -0.05) is 26.0 Å². The van der Waals surface area contributed by atoms with Crippen molar-refractivity contribution in [2.75, 3.05) is 6.61 Å². The molecule has 98 valence electrons. The second kappa shape index (κ2) is 4.63. The van der Waals surface area contributed by atoms with Crippen molar-refractivity contribution >= 4 is 5.90 Å². The maximum Gasteiger partial charge on any atom is 0.417 e. The number of benzene rings is 1. The summed E-state index contributed by atoms with van der Waals surface area (Å²) >= 11 is 0. The summed E-state index contributed by atoms with van der Waals surface area (Å²) in [4.78, 5) is 4.23. The number of aliphatic imine (C=N–C) groups is 1. The van der Waals surface area contributed by atoms with E-state index in [9.17, 15) is 13.2 Å². The number of alkyl halides is 3. The van der Waals surface area contributed by atoms with Crippen LogP contribution in [0.25, 0.3) is 0 Å². The molecule has 0 saturated heterocycles. The molecule has 1 heterocycles. The van der Waals surface area contributed by atoms with Crippen LogP contribution in [0.2, 0.25) is 0 Å². The van der Waals surface area contributed by atoms with Crippen molar-refractivity contribution in [3.05, 3.63) is 35.4 Å². The molecule has 0 aromatic heterocycles. The minimum atomic E-state index is -4.39. The van der Waals surface area contributed by atoms with Gasteiger partial charge >= 0.3 is 6.18 Å². The fourth-order valence-corrected chi connectivity index (χ4v) is 1.80. The van der Waals surface area contributed by atoms with Gasteiger partial charge in [-0.3, -0.25) is 0 Å². The van der Waals surface area contributed by atoms with Crippen molar-refractivity contribution in [3.8, 4) is 0 Å². The fourth-order valence-electron chi connectivity index (χ4n) is 1.80. The molecule has 0 amide bonds. The largest absolute Gasteiger partial charge is 0.475 e. The summed E-state index contributed by atoms with van der Waals surface area (Å²) in [5.74, 6) is 0.349. The van der Waals surface area contributed by atoms with Crippen molar-refractivity contribution in [2.45, 2.75) is 26.1 Å². The van der Waals surface area contributed by atoms with Gasteiger partial charge in [0, 0.05) is 5.56 Å². The minimum absolute atomic E-state index is 0.0214.